The van der Waals surface area contributed by atoms with Crippen LogP contribution in [0.15, 0.2) is 0 Å². The number of nitrogens with zero attached hydrogens (tertiary/aromatic N) is 2. The Balaban J connectivity index is 2.27. The van der Waals surface area contributed by atoms with Crippen molar-refractivity contribution in [2.45, 2.75) is 25.3 Å². The number of ether oxygens (including phenoxy) is 1. The fraction of sp³-hybridized carbons (Fsp3) is 0.750. The molecular weight excluding hydrogens is 172 g/mol. The quantitative estimate of drug-likeness (QED) is 0.504. The zero-order valence-electron chi connectivity index (χ0n) is 7.27. The maximum Gasteiger partial charge on any atom is 0.325 e. The Morgan fingerprint density at radius 2 is 2.54 bits per heavy atom. The summed E-state index contributed by atoms with van der Waals surface area (Å²) in [5.74, 6) is -0.435. The molecule has 1 rings (SSSR count). The van der Waals surface area contributed by atoms with Gasteiger partial charge in [-0.05, 0) is 12.8 Å². The molecule has 0 spiro atoms. The number of carbonyl (C=O) groups is 1. The molecule has 72 valence electrons. The molecular formula is C8H12N2O3. The molecule has 0 saturated carbocycles. The largest absolute Gasteiger partial charge is 0.463 e. The van der Waals surface area contributed by atoms with Crippen molar-refractivity contribution in [1.29, 1.82) is 5.26 Å². The van der Waals surface area contributed by atoms with Crippen LogP contribution in [-0.2, 0) is 9.53 Å². The van der Waals surface area contributed by atoms with E-state index in [0.29, 0.717) is 13.0 Å². The first-order chi connectivity index (χ1) is 6.25. The molecule has 0 bridgehead atoms. The molecule has 0 aliphatic carbocycles. The van der Waals surface area contributed by atoms with Crippen molar-refractivity contribution in [3.05, 3.63) is 0 Å². The first-order valence-corrected chi connectivity index (χ1v) is 4.25. The van der Waals surface area contributed by atoms with E-state index in [1.807, 2.05) is 6.07 Å². The highest BCUT2D eigenvalue weighted by molar-refractivity contribution is 5.75. The van der Waals surface area contributed by atoms with Crippen molar-refractivity contribution in [3.63, 3.8) is 0 Å². The van der Waals surface area contributed by atoms with Gasteiger partial charge < -0.3 is 9.94 Å². The van der Waals surface area contributed by atoms with E-state index in [4.69, 9.17) is 10.00 Å². The predicted octanol–water partition coefficient (Wildman–Crippen LogP) is 0.297. The van der Waals surface area contributed by atoms with Crippen LogP contribution in [0.1, 0.15) is 19.3 Å². The molecule has 1 aliphatic heterocycles. The van der Waals surface area contributed by atoms with Crippen LogP contribution in [-0.4, -0.2) is 35.4 Å². The molecule has 0 amide bonds. The van der Waals surface area contributed by atoms with E-state index in [0.717, 1.165) is 11.5 Å². The van der Waals surface area contributed by atoms with Gasteiger partial charge in [-0.1, -0.05) is 0 Å². The molecule has 1 unspecified atom stereocenters. The van der Waals surface area contributed by atoms with Gasteiger partial charge in [0.1, 0.15) is 12.6 Å². The van der Waals surface area contributed by atoms with Crippen molar-refractivity contribution >= 4 is 5.97 Å². The third-order valence-corrected chi connectivity index (χ3v) is 1.95. The summed E-state index contributed by atoms with van der Waals surface area (Å²) >= 11 is 0. The molecule has 1 saturated heterocycles. The third-order valence-electron chi connectivity index (χ3n) is 1.95. The second kappa shape index (κ2) is 4.80. The van der Waals surface area contributed by atoms with Gasteiger partial charge in [0.25, 0.3) is 0 Å². The lowest BCUT2D eigenvalue weighted by molar-refractivity contribution is -0.166. The summed E-state index contributed by atoms with van der Waals surface area (Å²) in [6.07, 6.45) is 1.63. The molecule has 0 aromatic heterocycles. The van der Waals surface area contributed by atoms with Crippen molar-refractivity contribution in [1.82, 2.24) is 5.06 Å². The molecule has 1 heterocycles. The third kappa shape index (κ3) is 2.68. The smallest absolute Gasteiger partial charge is 0.325 e. The number of rotatable bonds is 3. The molecule has 1 atom stereocenters. The molecule has 0 radical (unpaired) electrons. The van der Waals surface area contributed by atoms with Crippen LogP contribution in [0, 0.1) is 11.3 Å². The molecule has 0 aromatic rings. The van der Waals surface area contributed by atoms with Crippen LogP contribution in [0.3, 0.4) is 0 Å². The van der Waals surface area contributed by atoms with Gasteiger partial charge in [0, 0.05) is 6.54 Å². The Labute approximate surface area is 76.5 Å². The fourth-order valence-corrected chi connectivity index (χ4v) is 1.28. The first-order valence-electron chi connectivity index (χ1n) is 4.25. The zero-order chi connectivity index (χ0) is 9.68. The number of esters is 1. The van der Waals surface area contributed by atoms with E-state index in [1.165, 1.54) is 0 Å². The summed E-state index contributed by atoms with van der Waals surface area (Å²) in [7, 11) is 0. The molecule has 0 aromatic carbocycles. The highest BCUT2D eigenvalue weighted by Gasteiger charge is 2.30. The summed E-state index contributed by atoms with van der Waals surface area (Å²) in [6.45, 7) is 0.623. The van der Waals surface area contributed by atoms with Crippen LogP contribution >= 0.6 is 0 Å². The van der Waals surface area contributed by atoms with Gasteiger partial charge in [0.2, 0.25) is 0 Å². The monoisotopic (exact) mass is 184 g/mol. The van der Waals surface area contributed by atoms with Gasteiger partial charge in [-0.3, -0.25) is 4.79 Å². The summed E-state index contributed by atoms with van der Waals surface area (Å²) in [6, 6.07) is 1.34. The van der Waals surface area contributed by atoms with Crippen LogP contribution in [0.4, 0.5) is 0 Å². The van der Waals surface area contributed by atoms with E-state index in [2.05, 4.69) is 0 Å². The van der Waals surface area contributed by atoms with Gasteiger partial charge in [-0.2, -0.15) is 10.3 Å². The fourth-order valence-electron chi connectivity index (χ4n) is 1.28. The molecule has 5 heteroatoms. The highest BCUT2D eigenvalue weighted by Crippen LogP contribution is 2.15. The summed E-state index contributed by atoms with van der Waals surface area (Å²) in [5.41, 5.74) is 0. The van der Waals surface area contributed by atoms with Crippen LogP contribution in [0.25, 0.3) is 0 Å². The Morgan fingerprint density at radius 3 is 3.08 bits per heavy atom. The topological polar surface area (TPSA) is 73.6 Å². The van der Waals surface area contributed by atoms with E-state index < -0.39 is 12.0 Å². The van der Waals surface area contributed by atoms with E-state index >= 15 is 0 Å². The summed E-state index contributed by atoms with van der Waals surface area (Å²) in [5, 5.41) is 18.4. The average Bonchev–Trinajstić information content (AvgIpc) is 2.52. The SMILES string of the molecule is N#CCCOC(=O)C1CCCN1O. The normalized spacial score (nSPS) is 22.6. The van der Waals surface area contributed by atoms with Gasteiger partial charge in [0.15, 0.2) is 0 Å². The van der Waals surface area contributed by atoms with Crippen LogP contribution in [0.2, 0.25) is 0 Å². The van der Waals surface area contributed by atoms with Gasteiger partial charge in [0.05, 0.1) is 12.5 Å². The summed E-state index contributed by atoms with van der Waals surface area (Å²) < 4.78 is 4.77. The number of nitriles is 1. The zero-order valence-corrected chi connectivity index (χ0v) is 7.27. The van der Waals surface area contributed by atoms with E-state index in [-0.39, 0.29) is 13.0 Å². The number of hydrogen-bond acceptors (Lipinski definition) is 5. The number of hydrogen-bond donors (Lipinski definition) is 1. The Kier molecular flexibility index (Phi) is 3.68. The Morgan fingerprint density at radius 1 is 1.77 bits per heavy atom. The van der Waals surface area contributed by atoms with Crippen molar-refractivity contribution < 1.29 is 14.7 Å². The number of carbonyl (C=O) groups excluding carboxylic acids is 1. The maximum atomic E-state index is 11.2. The number of hydroxylamine groups is 2. The van der Waals surface area contributed by atoms with E-state index in [9.17, 15) is 10.0 Å². The highest BCUT2D eigenvalue weighted by atomic mass is 16.6. The minimum Gasteiger partial charge on any atom is -0.463 e. The molecule has 13 heavy (non-hydrogen) atoms. The Bertz CT molecular complexity index is 224. The predicted molar refractivity (Wildman–Crippen MR) is 42.7 cm³/mol. The van der Waals surface area contributed by atoms with Gasteiger partial charge in [-0.25, -0.2) is 0 Å². The molecule has 1 N–H and O–H groups in total. The standard InChI is InChI=1S/C8H12N2O3/c9-4-2-6-13-8(11)7-3-1-5-10(7)12/h7,12H,1-3,5-6H2. The lowest BCUT2D eigenvalue weighted by Crippen LogP contribution is -2.34. The summed E-state index contributed by atoms with van der Waals surface area (Å²) in [4.78, 5) is 11.2. The van der Waals surface area contributed by atoms with Gasteiger partial charge >= 0.3 is 5.97 Å². The van der Waals surface area contributed by atoms with Crippen molar-refractivity contribution in [2.75, 3.05) is 13.2 Å². The first kappa shape index (κ1) is 9.96. The van der Waals surface area contributed by atoms with Crippen molar-refractivity contribution in [3.8, 4) is 6.07 Å². The minimum absolute atomic E-state index is 0.111. The maximum absolute atomic E-state index is 11.2. The van der Waals surface area contributed by atoms with Crippen molar-refractivity contribution in [2.24, 2.45) is 0 Å². The molecule has 1 fully saturated rings. The van der Waals surface area contributed by atoms with Gasteiger partial charge in [-0.15, -0.1) is 0 Å². The molecule has 5 nitrogen and oxygen atoms in total. The van der Waals surface area contributed by atoms with Crippen LogP contribution in [0.5, 0.6) is 0 Å². The second-order valence-corrected chi connectivity index (χ2v) is 2.90. The Hall–Kier alpha value is -1.12. The van der Waals surface area contributed by atoms with Crippen LogP contribution < -0.4 is 0 Å². The average molecular weight is 184 g/mol. The second-order valence-electron chi connectivity index (χ2n) is 2.90. The van der Waals surface area contributed by atoms with E-state index in [1.54, 1.807) is 0 Å². The minimum atomic E-state index is -0.529. The molecule has 1 aliphatic rings. The lowest BCUT2D eigenvalue weighted by atomic mass is 10.2. The lowest BCUT2D eigenvalue weighted by Gasteiger charge is -2.15.